The molecule has 0 radical (unpaired) electrons. The van der Waals surface area contributed by atoms with Crippen LogP contribution < -0.4 is 0 Å². The molecule has 2 aromatic rings. The maximum Gasteiger partial charge on any atom is 0.416 e. The topological polar surface area (TPSA) is 9.23 Å². The summed E-state index contributed by atoms with van der Waals surface area (Å²) in [5.74, 6) is -1.31. The van der Waals surface area contributed by atoms with Gasteiger partial charge in [0.15, 0.2) is 8.32 Å². The smallest absolute Gasteiger partial charge is 0.410 e. The van der Waals surface area contributed by atoms with E-state index < -0.39 is 37.8 Å². The Balaban J connectivity index is 2.36. The molecule has 0 saturated heterocycles. The number of alkyl halides is 3. The van der Waals surface area contributed by atoms with Gasteiger partial charge in [0.05, 0.1) is 11.7 Å². The van der Waals surface area contributed by atoms with Crippen molar-refractivity contribution in [2.24, 2.45) is 0 Å². The second kappa shape index (κ2) is 11.3. The minimum absolute atomic E-state index is 0.0992. The molecule has 0 saturated carbocycles. The molecule has 0 aliphatic rings. The lowest BCUT2D eigenvalue weighted by Crippen LogP contribution is -2.37. The first-order chi connectivity index (χ1) is 14.9. The molecule has 2 aromatic carbocycles. The second-order valence-electron chi connectivity index (χ2n) is 7.87. The molecule has 178 valence electrons. The molecule has 0 amide bonds. The number of rotatable bonds is 10. The van der Waals surface area contributed by atoms with E-state index in [4.69, 9.17) is 27.6 Å². The standard InChI is InChI=1S/C23H27Cl2F5OSi/c1-4-32(5-2,6-3)31-21(9-7-8-15-10-17(26)14-18(27)11-15)22-19(24)12-16(13-20(22)25)23(28,29)30/h10-14,21H,4-9H2,1-3H3. The van der Waals surface area contributed by atoms with Gasteiger partial charge in [0.1, 0.15) is 11.6 Å². The molecule has 0 fully saturated rings. The predicted molar refractivity (Wildman–Crippen MR) is 122 cm³/mol. The van der Waals surface area contributed by atoms with Gasteiger partial charge < -0.3 is 4.43 Å². The first-order valence-electron chi connectivity index (χ1n) is 10.6. The first kappa shape index (κ1) is 27.1. The van der Waals surface area contributed by atoms with Gasteiger partial charge >= 0.3 is 6.18 Å². The van der Waals surface area contributed by atoms with E-state index in [-0.39, 0.29) is 10.0 Å². The monoisotopic (exact) mass is 512 g/mol. The maximum atomic E-state index is 13.5. The lowest BCUT2D eigenvalue weighted by molar-refractivity contribution is -0.137. The van der Waals surface area contributed by atoms with Crippen LogP contribution in [0.25, 0.3) is 0 Å². The molecule has 0 aliphatic carbocycles. The molecule has 0 spiro atoms. The Morgan fingerprint density at radius 1 is 0.875 bits per heavy atom. The van der Waals surface area contributed by atoms with E-state index in [0.29, 0.717) is 30.4 Å². The largest absolute Gasteiger partial charge is 0.416 e. The van der Waals surface area contributed by atoms with Gasteiger partial charge in [-0.15, -0.1) is 0 Å². The summed E-state index contributed by atoms with van der Waals surface area (Å²) in [6.45, 7) is 6.13. The summed E-state index contributed by atoms with van der Waals surface area (Å²) in [6.07, 6.45) is -3.91. The summed E-state index contributed by atoms with van der Waals surface area (Å²) in [4.78, 5) is 0. The third kappa shape index (κ3) is 6.92. The Morgan fingerprint density at radius 3 is 1.81 bits per heavy atom. The van der Waals surface area contributed by atoms with Crippen molar-refractivity contribution >= 4 is 31.5 Å². The van der Waals surface area contributed by atoms with Crippen molar-refractivity contribution in [3.8, 4) is 0 Å². The van der Waals surface area contributed by atoms with Crippen LogP contribution in [0.2, 0.25) is 28.2 Å². The predicted octanol–water partition coefficient (Wildman–Crippen LogP) is 9.38. The first-order valence-corrected chi connectivity index (χ1v) is 13.9. The summed E-state index contributed by atoms with van der Waals surface area (Å²) in [7, 11) is -2.17. The van der Waals surface area contributed by atoms with Gasteiger partial charge in [-0.2, -0.15) is 13.2 Å². The molecule has 2 rings (SSSR count). The molecular weight excluding hydrogens is 486 g/mol. The van der Waals surface area contributed by atoms with Crippen molar-refractivity contribution in [2.45, 2.75) is 70.4 Å². The normalized spacial score (nSPS) is 13.4. The van der Waals surface area contributed by atoms with Gasteiger partial charge in [0.25, 0.3) is 0 Å². The van der Waals surface area contributed by atoms with Crippen LogP contribution in [0.15, 0.2) is 30.3 Å². The third-order valence-electron chi connectivity index (χ3n) is 5.91. The zero-order chi connectivity index (χ0) is 24.1. The van der Waals surface area contributed by atoms with Crippen molar-refractivity contribution in [2.75, 3.05) is 0 Å². The summed E-state index contributed by atoms with van der Waals surface area (Å²) in [5, 5.41) is -0.198. The zero-order valence-electron chi connectivity index (χ0n) is 18.3. The minimum atomic E-state index is -4.57. The van der Waals surface area contributed by atoms with Crippen LogP contribution >= 0.6 is 23.2 Å². The SMILES string of the molecule is CC[Si](CC)(CC)OC(CCCc1cc(F)cc(F)c1)c1c(Cl)cc(C(F)(F)F)cc1Cl. The minimum Gasteiger partial charge on any atom is -0.410 e. The fraction of sp³-hybridized carbons (Fsp3) is 0.478. The van der Waals surface area contributed by atoms with E-state index in [0.717, 1.165) is 36.3 Å². The van der Waals surface area contributed by atoms with Gasteiger partial charge in [-0.1, -0.05) is 44.0 Å². The molecule has 9 heteroatoms. The fourth-order valence-corrected chi connectivity index (χ4v) is 7.44. The van der Waals surface area contributed by atoms with Crippen LogP contribution in [0.1, 0.15) is 56.4 Å². The van der Waals surface area contributed by atoms with E-state index in [1.807, 2.05) is 20.8 Å². The fourth-order valence-electron chi connectivity index (χ4n) is 3.87. The summed E-state index contributed by atoms with van der Waals surface area (Å²) in [6, 6.07) is 7.58. The molecule has 1 atom stereocenters. The quantitative estimate of drug-likeness (QED) is 0.227. The maximum absolute atomic E-state index is 13.5. The van der Waals surface area contributed by atoms with E-state index in [1.165, 1.54) is 12.1 Å². The lowest BCUT2D eigenvalue weighted by atomic mass is 9.99. The Bertz CT molecular complexity index is 864. The highest BCUT2D eigenvalue weighted by Crippen LogP contribution is 2.42. The van der Waals surface area contributed by atoms with Crippen LogP contribution in [0.3, 0.4) is 0 Å². The summed E-state index contributed by atoms with van der Waals surface area (Å²) in [5.41, 5.74) is -0.0926. The van der Waals surface area contributed by atoms with Crippen LogP contribution in [-0.2, 0) is 17.0 Å². The number of hydrogen-bond donors (Lipinski definition) is 0. The zero-order valence-corrected chi connectivity index (χ0v) is 20.8. The van der Waals surface area contributed by atoms with E-state index in [2.05, 4.69) is 0 Å². The van der Waals surface area contributed by atoms with Crippen LogP contribution in [0, 0.1) is 11.6 Å². The van der Waals surface area contributed by atoms with Gasteiger partial charge in [-0.05, 0) is 67.2 Å². The summed E-state index contributed by atoms with van der Waals surface area (Å²) >= 11 is 12.6. The van der Waals surface area contributed by atoms with E-state index in [9.17, 15) is 22.0 Å². The van der Waals surface area contributed by atoms with Gasteiger partial charge in [0.2, 0.25) is 0 Å². The van der Waals surface area contributed by atoms with Gasteiger partial charge in [0, 0.05) is 21.7 Å². The Morgan fingerprint density at radius 2 is 1.38 bits per heavy atom. The van der Waals surface area contributed by atoms with Crippen molar-refractivity contribution in [1.82, 2.24) is 0 Å². The molecular formula is C23H27Cl2F5OSi. The highest BCUT2D eigenvalue weighted by atomic mass is 35.5. The molecule has 0 N–H and O–H groups in total. The summed E-state index contributed by atoms with van der Waals surface area (Å²) < 4.78 is 73.1. The molecule has 32 heavy (non-hydrogen) atoms. The average Bonchev–Trinajstić information content (AvgIpc) is 2.70. The van der Waals surface area contributed by atoms with Crippen molar-refractivity contribution in [3.63, 3.8) is 0 Å². The van der Waals surface area contributed by atoms with Crippen molar-refractivity contribution in [3.05, 3.63) is 68.7 Å². The highest BCUT2D eigenvalue weighted by Gasteiger charge is 2.36. The molecule has 0 heterocycles. The number of benzene rings is 2. The lowest BCUT2D eigenvalue weighted by Gasteiger charge is -2.34. The van der Waals surface area contributed by atoms with Gasteiger partial charge in [-0.25, -0.2) is 8.78 Å². The molecule has 1 nitrogen and oxygen atoms in total. The van der Waals surface area contributed by atoms with Gasteiger partial charge in [-0.3, -0.25) is 0 Å². The highest BCUT2D eigenvalue weighted by molar-refractivity contribution is 6.73. The van der Waals surface area contributed by atoms with E-state index >= 15 is 0 Å². The average molecular weight is 513 g/mol. The molecule has 0 aliphatic heterocycles. The van der Waals surface area contributed by atoms with E-state index in [1.54, 1.807) is 0 Å². The third-order valence-corrected chi connectivity index (χ3v) is 11.2. The Kier molecular flexibility index (Phi) is 9.58. The number of hydrogen-bond acceptors (Lipinski definition) is 1. The van der Waals surface area contributed by atoms with Crippen LogP contribution in [-0.4, -0.2) is 8.32 Å². The Labute approximate surface area is 197 Å². The molecule has 0 aromatic heterocycles. The van der Waals surface area contributed by atoms with Crippen LogP contribution in [0.4, 0.5) is 22.0 Å². The van der Waals surface area contributed by atoms with Crippen molar-refractivity contribution < 1.29 is 26.4 Å². The number of halogens is 7. The molecule has 1 unspecified atom stereocenters. The van der Waals surface area contributed by atoms with Crippen molar-refractivity contribution in [1.29, 1.82) is 0 Å². The number of aryl methyl sites for hydroxylation is 1. The molecule has 0 bridgehead atoms. The second-order valence-corrected chi connectivity index (χ2v) is 13.4. The van der Waals surface area contributed by atoms with Crippen LogP contribution in [0.5, 0.6) is 0 Å². The Hall–Kier alpha value is -1.15.